The molecule has 3 aromatic heterocycles. The van der Waals surface area contributed by atoms with E-state index in [0.29, 0.717) is 0 Å². The Balaban J connectivity index is 1.02. The maximum absolute atomic E-state index is 6.77. The van der Waals surface area contributed by atoms with E-state index in [1.165, 1.54) is 21.8 Å². The van der Waals surface area contributed by atoms with Crippen LogP contribution in [-0.2, 0) is 0 Å². The first-order valence-corrected chi connectivity index (χ1v) is 21.1. The van der Waals surface area contributed by atoms with Gasteiger partial charge in [0.1, 0.15) is 16.7 Å². The van der Waals surface area contributed by atoms with Crippen LogP contribution in [0.5, 0.6) is 0 Å². The summed E-state index contributed by atoms with van der Waals surface area (Å²) in [5.74, 6) is 0. The summed E-state index contributed by atoms with van der Waals surface area (Å²) in [6.07, 6.45) is 0. The number of fused-ring (bicyclic) bond motifs is 11. The Morgan fingerprint density at radius 1 is 0.339 bits per heavy atom. The molecule has 0 aliphatic rings. The minimum Gasteiger partial charge on any atom is -0.455 e. The molecule has 0 saturated heterocycles. The molecule has 0 atom stereocenters. The lowest BCUT2D eigenvalue weighted by atomic mass is 9.96. The molecule has 0 fully saturated rings. The fraction of sp³-hybridized carbons (Fsp3) is 0. The van der Waals surface area contributed by atoms with Crippen LogP contribution < -0.4 is 4.90 Å². The third-order valence-corrected chi connectivity index (χ3v) is 12.6. The standard InChI is InChI=1S/C58H36N2O2/c1-2-17-41-37(15-1)33-36-48-56-46(22-14-30-55(56)62-57(41)48)44-20-6-9-25-50(44)59(53-28-13-23-47-45-21-7-12-29-54(45)61-58(47)53)39-34-31-38(32-35-39)40-16-3-8-24-49(40)60-51-26-10-4-18-42(51)43-19-5-11-27-52(43)60/h1-36H. The predicted molar refractivity (Wildman–Crippen MR) is 258 cm³/mol. The van der Waals surface area contributed by atoms with Gasteiger partial charge in [0.25, 0.3) is 0 Å². The molecule has 0 aliphatic heterocycles. The molecule has 10 aromatic carbocycles. The molecule has 0 radical (unpaired) electrons. The van der Waals surface area contributed by atoms with Crippen molar-refractivity contribution in [3.05, 3.63) is 218 Å². The van der Waals surface area contributed by atoms with Crippen molar-refractivity contribution in [3.63, 3.8) is 0 Å². The molecular formula is C58H36N2O2. The molecular weight excluding hydrogens is 757 g/mol. The van der Waals surface area contributed by atoms with Crippen LogP contribution in [0.3, 0.4) is 0 Å². The Morgan fingerprint density at radius 2 is 0.919 bits per heavy atom. The minimum absolute atomic E-state index is 0.836. The number of anilines is 3. The van der Waals surface area contributed by atoms with E-state index in [-0.39, 0.29) is 0 Å². The van der Waals surface area contributed by atoms with Gasteiger partial charge in [-0.05, 0) is 77.2 Å². The summed E-state index contributed by atoms with van der Waals surface area (Å²) in [5, 5.41) is 9.12. The zero-order valence-corrected chi connectivity index (χ0v) is 33.5. The SMILES string of the molecule is c1ccc(N(c2ccc(-c3ccccc3-n3c4ccccc4c4ccccc43)cc2)c2cccc3c2oc2ccccc23)c(-c2cccc3oc4c5ccccc5ccc4c23)c1. The molecule has 3 heterocycles. The molecule has 4 nitrogen and oxygen atoms in total. The average molecular weight is 793 g/mol. The zero-order chi connectivity index (χ0) is 40.7. The second-order valence-electron chi connectivity index (χ2n) is 16.0. The normalized spacial score (nSPS) is 11.9. The minimum atomic E-state index is 0.836. The molecule has 0 spiro atoms. The highest BCUT2D eigenvalue weighted by atomic mass is 16.3. The van der Waals surface area contributed by atoms with Gasteiger partial charge in [0.2, 0.25) is 0 Å². The van der Waals surface area contributed by atoms with Gasteiger partial charge in [0, 0.05) is 54.5 Å². The van der Waals surface area contributed by atoms with Gasteiger partial charge in [-0.3, -0.25) is 0 Å². The molecule has 0 aliphatic carbocycles. The van der Waals surface area contributed by atoms with Gasteiger partial charge in [-0.1, -0.05) is 158 Å². The summed E-state index contributed by atoms with van der Waals surface area (Å²) < 4.78 is 15.9. The van der Waals surface area contributed by atoms with Crippen molar-refractivity contribution >= 4 is 93.5 Å². The first kappa shape index (κ1) is 34.5. The molecule has 4 heteroatoms. The molecule has 13 rings (SSSR count). The number of rotatable bonds is 6. The van der Waals surface area contributed by atoms with Crippen molar-refractivity contribution in [3.8, 4) is 27.9 Å². The summed E-state index contributed by atoms with van der Waals surface area (Å²) >= 11 is 0. The largest absolute Gasteiger partial charge is 0.455 e. The number of nitrogens with zero attached hydrogens (tertiary/aromatic N) is 2. The molecule has 0 saturated carbocycles. The van der Waals surface area contributed by atoms with E-state index in [1.807, 2.05) is 6.07 Å². The lowest BCUT2D eigenvalue weighted by Crippen LogP contribution is -2.11. The molecule has 62 heavy (non-hydrogen) atoms. The van der Waals surface area contributed by atoms with Crippen LogP contribution in [0.2, 0.25) is 0 Å². The second-order valence-corrected chi connectivity index (χ2v) is 16.0. The Labute approximate surface area is 356 Å². The summed E-state index contributed by atoms with van der Waals surface area (Å²) in [7, 11) is 0. The molecule has 0 unspecified atom stereocenters. The number of para-hydroxylation sites is 6. The van der Waals surface area contributed by atoms with E-state index >= 15 is 0 Å². The Kier molecular flexibility index (Phi) is 7.57. The fourth-order valence-electron chi connectivity index (χ4n) is 9.88. The second kappa shape index (κ2) is 13.6. The first-order valence-electron chi connectivity index (χ1n) is 21.1. The Hall–Kier alpha value is -8.34. The van der Waals surface area contributed by atoms with E-state index in [2.05, 4.69) is 222 Å². The highest BCUT2D eigenvalue weighted by Crippen LogP contribution is 2.48. The Bertz CT molecular complexity index is 3830. The van der Waals surface area contributed by atoms with Crippen molar-refractivity contribution < 1.29 is 8.83 Å². The quantitative estimate of drug-likeness (QED) is 0.168. The van der Waals surface area contributed by atoms with Crippen LogP contribution in [0.25, 0.3) is 104 Å². The summed E-state index contributed by atoms with van der Waals surface area (Å²) in [5.41, 5.74) is 14.5. The predicted octanol–water partition coefficient (Wildman–Crippen LogP) is 16.5. The highest BCUT2D eigenvalue weighted by molar-refractivity contribution is 6.20. The van der Waals surface area contributed by atoms with Crippen molar-refractivity contribution in [2.75, 3.05) is 4.90 Å². The van der Waals surface area contributed by atoms with Gasteiger partial charge < -0.3 is 18.3 Å². The van der Waals surface area contributed by atoms with Crippen molar-refractivity contribution in [1.82, 2.24) is 4.57 Å². The smallest absolute Gasteiger partial charge is 0.159 e. The van der Waals surface area contributed by atoms with Crippen LogP contribution in [0.15, 0.2) is 227 Å². The molecule has 13 aromatic rings. The van der Waals surface area contributed by atoms with Gasteiger partial charge in [-0.2, -0.15) is 0 Å². The van der Waals surface area contributed by atoms with Gasteiger partial charge in [0.05, 0.1) is 28.1 Å². The fourth-order valence-corrected chi connectivity index (χ4v) is 9.88. The van der Waals surface area contributed by atoms with E-state index in [4.69, 9.17) is 8.83 Å². The monoisotopic (exact) mass is 792 g/mol. The van der Waals surface area contributed by atoms with Crippen molar-refractivity contribution in [1.29, 1.82) is 0 Å². The zero-order valence-electron chi connectivity index (χ0n) is 33.5. The van der Waals surface area contributed by atoms with Gasteiger partial charge >= 0.3 is 0 Å². The number of benzene rings is 10. The number of hydrogen-bond acceptors (Lipinski definition) is 3. The summed E-state index contributed by atoms with van der Waals surface area (Å²) in [4.78, 5) is 2.36. The summed E-state index contributed by atoms with van der Waals surface area (Å²) in [6, 6.07) is 77.9. The van der Waals surface area contributed by atoms with E-state index in [0.717, 1.165) is 99.7 Å². The van der Waals surface area contributed by atoms with E-state index < -0.39 is 0 Å². The highest BCUT2D eigenvalue weighted by Gasteiger charge is 2.24. The number of hydrogen-bond donors (Lipinski definition) is 0. The van der Waals surface area contributed by atoms with Crippen LogP contribution in [-0.4, -0.2) is 4.57 Å². The van der Waals surface area contributed by atoms with Crippen LogP contribution >= 0.6 is 0 Å². The third-order valence-electron chi connectivity index (χ3n) is 12.6. The first-order chi connectivity index (χ1) is 30.8. The average Bonchev–Trinajstić information content (AvgIpc) is 4.03. The van der Waals surface area contributed by atoms with Crippen LogP contribution in [0.4, 0.5) is 17.1 Å². The van der Waals surface area contributed by atoms with Crippen LogP contribution in [0, 0.1) is 0 Å². The van der Waals surface area contributed by atoms with E-state index in [9.17, 15) is 0 Å². The topological polar surface area (TPSA) is 34.5 Å². The molecule has 0 N–H and O–H groups in total. The maximum atomic E-state index is 6.77. The van der Waals surface area contributed by atoms with Crippen molar-refractivity contribution in [2.45, 2.75) is 0 Å². The van der Waals surface area contributed by atoms with Crippen molar-refractivity contribution in [2.24, 2.45) is 0 Å². The maximum Gasteiger partial charge on any atom is 0.159 e. The van der Waals surface area contributed by atoms with Crippen LogP contribution in [0.1, 0.15) is 0 Å². The van der Waals surface area contributed by atoms with E-state index in [1.54, 1.807) is 0 Å². The lowest BCUT2D eigenvalue weighted by molar-refractivity contribution is 0.669. The number of aromatic nitrogens is 1. The Morgan fingerprint density at radius 3 is 1.74 bits per heavy atom. The van der Waals surface area contributed by atoms with Gasteiger partial charge in [-0.25, -0.2) is 0 Å². The van der Waals surface area contributed by atoms with Gasteiger partial charge in [-0.15, -0.1) is 0 Å². The summed E-state index contributed by atoms with van der Waals surface area (Å²) in [6.45, 7) is 0. The molecule has 290 valence electrons. The van der Waals surface area contributed by atoms with Gasteiger partial charge in [0.15, 0.2) is 5.58 Å². The number of furan rings is 2. The molecule has 0 bridgehead atoms. The molecule has 0 amide bonds. The third kappa shape index (κ3) is 5.14. The lowest BCUT2D eigenvalue weighted by Gasteiger charge is -2.28.